The summed E-state index contributed by atoms with van der Waals surface area (Å²) in [5, 5.41) is 0. The molecule has 16 heavy (non-hydrogen) atoms. The molecule has 0 aromatic carbocycles. The number of ether oxygens (including phenoxy) is 3. The molecule has 86 valence electrons. The standard InChI is InChI=1S/C11H12O5/c1-14-10(12)8-4-3-6-16-7-5-9(8)11(13)15-2/h3,5-7H,4H2,1-2H3/b6-3-,7-5+,9-8-. The van der Waals surface area contributed by atoms with Crippen LogP contribution < -0.4 is 0 Å². The maximum Gasteiger partial charge on any atom is 0.338 e. The molecule has 1 aliphatic rings. The molecule has 0 N–H and O–H groups in total. The van der Waals surface area contributed by atoms with E-state index in [0.717, 1.165) is 0 Å². The Bertz CT molecular complexity index is 376. The van der Waals surface area contributed by atoms with Gasteiger partial charge in [0.2, 0.25) is 0 Å². The molecule has 1 aliphatic heterocycles. The molecule has 0 fully saturated rings. The third kappa shape index (κ3) is 2.73. The molecule has 0 spiro atoms. The molecule has 0 saturated heterocycles. The Morgan fingerprint density at radius 1 is 1.19 bits per heavy atom. The first-order chi connectivity index (χ1) is 7.70. The van der Waals surface area contributed by atoms with Crippen molar-refractivity contribution < 1.29 is 23.8 Å². The second-order valence-corrected chi connectivity index (χ2v) is 2.89. The van der Waals surface area contributed by atoms with Crippen molar-refractivity contribution >= 4 is 11.9 Å². The fraction of sp³-hybridized carbons (Fsp3) is 0.273. The van der Waals surface area contributed by atoms with Crippen molar-refractivity contribution in [3.63, 3.8) is 0 Å². The summed E-state index contributed by atoms with van der Waals surface area (Å²) in [6, 6.07) is 0. The molecule has 0 aliphatic carbocycles. The van der Waals surface area contributed by atoms with Crippen LogP contribution in [0.5, 0.6) is 0 Å². The lowest BCUT2D eigenvalue weighted by atomic mass is 10.0. The van der Waals surface area contributed by atoms with Crippen LogP contribution in [0.4, 0.5) is 0 Å². The molecule has 0 atom stereocenters. The molecule has 5 heteroatoms. The zero-order valence-electron chi connectivity index (χ0n) is 9.06. The van der Waals surface area contributed by atoms with Crippen LogP contribution in [0.25, 0.3) is 0 Å². The van der Waals surface area contributed by atoms with E-state index in [1.54, 1.807) is 6.08 Å². The van der Waals surface area contributed by atoms with Gasteiger partial charge < -0.3 is 14.2 Å². The third-order valence-corrected chi connectivity index (χ3v) is 1.97. The Morgan fingerprint density at radius 2 is 1.88 bits per heavy atom. The Kier molecular flexibility index (Phi) is 4.32. The van der Waals surface area contributed by atoms with E-state index in [4.69, 9.17) is 4.74 Å². The highest BCUT2D eigenvalue weighted by Gasteiger charge is 2.20. The number of hydrogen-bond donors (Lipinski definition) is 0. The van der Waals surface area contributed by atoms with Gasteiger partial charge >= 0.3 is 11.9 Å². The van der Waals surface area contributed by atoms with E-state index in [9.17, 15) is 9.59 Å². The van der Waals surface area contributed by atoms with Gasteiger partial charge in [0.1, 0.15) is 0 Å². The second-order valence-electron chi connectivity index (χ2n) is 2.89. The van der Waals surface area contributed by atoms with Crippen molar-refractivity contribution in [3.8, 4) is 0 Å². The predicted molar refractivity (Wildman–Crippen MR) is 55.0 cm³/mol. The summed E-state index contributed by atoms with van der Waals surface area (Å²) in [7, 11) is 2.50. The normalized spacial score (nSPS) is 23.4. The van der Waals surface area contributed by atoms with E-state index in [-0.39, 0.29) is 17.6 Å². The fourth-order valence-corrected chi connectivity index (χ4v) is 1.20. The number of carbonyl (C=O) groups excluding carboxylic acids is 2. The van der Waals surface area contributed by atoms with E-state index < -0.39 is 11.9 Å². The van der Waals surface area contributed by atoms with Crippen molar-refractivity contribution in [1.82, 2.24) is 0 Å². The average Bonchev–Trinajstić information content (AvgIpc) is 2.27. The highest BCUT2D eigenvalue weighted by atomic mass is 16.5. The van der Waals surface area contributed by atoms with Gasteiger partial charge in [0.25, 0.3) is 0 Å². The molecule has 1 heterocycles. The van der Waals surface area contributed by atoms with Crippen LogP contribution in [0, 0.1) is 0 Å². The van der Waals surface area contributed by atoms with Crippen LogP contribution in [-0.4, -0.2) is 26.2 Å². The molecule has 1 rings (SSSR count). The first-order valence-electron chi connectivity index (χ1n) is 4.57. The van der Waals surface area contributed by atoms with E-state index in [1.807, 2.05) is 0 Å². The lowest BCUT2D eigenvalue weighted by Gasteiger charge is -2.09. The number of carbonyl (C=O) groups is 2. The van der Waals surface area contributed by atoms with Gasteiger partial charge in [-0.25, -0.2) is 9.59 Å². The van der Waals surface area contributed by atoms with Crippen LogP contribution >= 0.6 is 0 Å². The minimum atomic E-state index is -0.601. The Hall–Kier alpha value is -2.04. The molecule has 0 aromatic heterocycles. The van der Waals surface area contributed by atoms with Crippen molar-refractivity contribution in [1.29, 1.82) is 0 Å². The Balaban J connectivity index is 3.18. The largest absolute Gasteiger partial charge is 0.473 e. The van der Waals surface area contributed by atoms with Gasteiger partial charge in [0.05, 0.1) is 37.9 Å². The van der Waals surface area contributed by atoms with Gasteiger partial charge in [-0.15, -0.1) is 0 Å². The Morgan fingerprint density at radius 3 is 2.50 bits per heavy atom. The monoisotopic (exact) mass is 224 g/mol. The van der Waals surface area contributed by atoms with E-state index in [1.165, 1.54) is 32.8 Å². The van der Waals surface area contributed by atoms with E-state index >= 15 is 0 Å². The van der Waals surface area contributed by atoms with Gasteiger partial charge in [-0.3, -0.25) is 0 Å². The first kappa shape index (κ1) is 12.0. The van der Waals surface area contributed by atoms with Gasteiger partial charge in [0, 0.05) is 6.42 Å². The fourth-order valence-electron chi connectivity index (χ4n) is 1.20. The van der Waals surface area contributed by atoms with Crippen LogP contribution in [0.1, 0.15) is 6.42 Å². The number of esters is 2. The maximum atomic E-state index is 11.5. The van der Waals surface area contributed by atoms with Crippen molar-refractivity contribution in [2.24, 2.45) is 0 Å². The molecule has 0 amide bonds. The summed E-state index contributed by atoms with van der Waals surface area (Å²) in [5.74, 6) is -1.16. The van der Waals surface area contributed by atoms with Gasteiger partial charge in [0.15, 0.2) is 0 Å². The maximum absolute atomic E-state index is 11.5. The smallest absolute Gasteiger partial charge is 0.338 e. The van der Waals surface area contributed by atoms with Crippen molar-refractivity contribution in [2.75, 3.05) is 14.2 Å². The van der Waals surface area contributed by atoms with Crippen LogP contribution in [0.3, 0.4) is 0 Å². The second kappa shape index (κ2) is 5.75. The summed E-state index contributed by atoms with van der Waals surface area (Å²) < 4.78 is 14.1. The lowest BCUT2D eigenvalue weighted by molar-refractivity contribution is -0.139. The summed E-state index contributed by atoms with van der Waals surface area (Å²) >= 11 is 0. The summed E-state index contributed by atoms with van der Waals surface area (Å²) in [6.07, 6.45) is 5.96. The van der Waals surface area contributed by atoms with Gasteiger partial charge in [-0.05, 0) is 12.2 Å². The molecule has 0 bridgehead atoms. The topological polar surface area (TPSA) is 61.8 Å². The molecule has 5 nitrogen and oxygen atoms in total. The number of allylic oxidation sites excluding steroid dienone is 1. The van der Waals surface area contributed by atoms with Gasteiger partial charge in [-0.1, -0.05) is 0 Å². The predicted octanol–water partition coefficient (Wildman–Crippen LogP) is 1.08. The molecular weight excluding hydrogens is 212 g/mol. The van der Waals surface area contributed by atoms with E-state index in [0.29, 0.717) is 0 Å². The average molecular weight is 224 g/mol. The molecule has 0 aromatic rings. The quantitative estimate of drug-likeness (QED) is 0.657. The number of methoxy groups -OCH3 is 2. The summed E-state index contributed by atoms with van der Waals surface area (Å²) in [6.45, 7) is 0. The minimum absolute atomic E-state index is 0.138. The molecule has 0 saturated carbocycles. The molecule has 0 radical (unpaired) electrons. The zero-order chi connectivity index (χ0) is 12.0. The SMILES string of the molecule is COC(=O)C1=C(\C(=O)OC)C/C=C\O\C=C\1. The summed E-state index contributed by atoms with van der Waals surface area (Å²) in [5.41, 5.74) is 0.379. The van der Waals surface area contributed by atoms with Crippen molar-refractivity contribution in [3.05, 3.63) is 35.8 Å². The highest BCUT2D eigenvalue weighted by Crippen LogP contribution is 2.16. The van der Waals surface area contributed by atoms with Crippen molar-refractivity contribution in [2.45, 2.75) is 6.42 Å². The summed E-state index contributed by atoms with van der Waals surface area (Å²) in [4.78, 5) is 22.9. The molecule has 0 unspecified atom stereocenters. The van der Waals surface area contributed by atoms with Crippen LogP contribution in [0.2, 0.25) is 0 Å². The highest BCUT2D eigenvalue weighted by molar-refractivity contribution is 6.02. The first-order valence-corrected chi connectivity index (χ1v) is 4.57. The number of rotatable bonds is 2. The van der Waals surface area contributed by atoms with Crippen LogP contribution in [-0.2, 0) is 23.8 Å². The lowest BCUT2D eigenvalue weighted by Crippen LogP contribution is -2.14. The minimum Gasteiger partial charge on any atom is -0.473 e. The number of hydrogen-bond acceptors (Lipinski definition) is 5. The Labute approximate surface area is 93.0 Å². The third-order valence-electron chi connectivity index (χ3n) is 1.97. The molecular formula is C11H12O5. The van der Waals surface area contributed by atoms with Crippen LogP contribution in [0.15, 0.2) is 35.8 Å². The van der Waals surface area contributed by atoms with E-state index in [2.05, 4.69) is 9.47 Å². The van der Waals surface area contributed by atoms with Gasteiger partial charge in [-0.2, -0.15) is 0 Å². The zero-order valence-corrected chi connectivity index (χ0v) is 9.06.